The van der Waals surface area contributed by atoms with Crippen molar-refractivity contribution >= 4 is 5.97 Å². The van der Waals surface area contributed by atoms with Gasteiger partial charge in [-0.15, -0.1) is 0 Å². The van der Waals surface area contributed by atoms with Gasteiger partial charge in [0.1, 0.15) is 0 Å². The number of carboxylic acid groups (broad SMARTS) is 1. The van der Waals surface area contributed by atoms with Gasteiger partial charge in [-0.25, -0.2) is 0 Å². The molecule has 2 atom stereocenters. The van der Waals surface area contributed by atoms with E-state index in [0.717, 1.165) is 12.5 Å². The van der Waals surface area contributed by atoms with Gasteiger partial charge in [-0.1, -0.05) is 26.2 Å². The maximum Gasteiger partial charge on any atom is 0.307 e. The monoisotopic (exact) mass is 227 g/mol. The van der Waals surface area contributed by atoms with Crippen molar-refractivity contribution in [3.63, 3.8) is 0 Å². The highest BCUT2D eigenvalue weighted by molar-refractivity contribution is 5.70. The summed E-state index contributed by atoms with van der Waals surface area (Å²) in [4.78, 5) is 13.1. The Morgan fingerprint density at radius 2 is 1.88 bits per heavy atom. The lowest BCUT2D eigenvalue weighted by atomic mass is 9.88. The highest BCUT2D eigenvalue weighted by Gasteiger charge is 2.25. The minimum absolute atomic E-state index is 0.124. The van der Waals surface area contributed by atoms with E-state index in [2.05, 4.69) is 11.9 Å². The molecule has 16 heavy (non-hydrogen) atoms. The van der Waals surface area contributed by atoms with Gasteiger partial charge >= 0.3 is 5.97 Å². The SMILES string of the molecule is CC(C(=O)O)C(C)N(C)CC1CCCCC1. The molecule has 0 bridgehead atoms. The van der Waals surface area contributed by atoms with Gasteiger partial charge in [-0.2, -0.15) is 0 Å². The van der Waals surface area contributed by atoms with Crippen LogP contribution >= 0.6 is 0 Å². The van der Waals surface area contributed by atoms with Crippen LogP contribution in [0.15, 0.2) is 0 Å². The van der Waals surface area contributed by atoms with Crippen LogP contribution in [0, 0.1) is 11.8 Å². The molecule has 0 spiro atoms. The molecule has 3 heteroatoms. The number of rotatable bonds is 5. The van der Waals surface area contributed by atoms with Crippen LogP contribution in [0.5, 0.6) is 0 Å². The van der Waals surface area contributed by atoms with Gasteiger partial charge in [0.2, 0.25) is 0 Å². The number of carbonyl (C=O) groups is 1. The third kappa shape index (κ3) is 3.78. The molecule has 1 saturated carbocycles. The maximum atomic E-state index is 10.9. The van der Waals surface area contributed by atoms with Crippen molar-refractivity contribution in [3.05, 3.63) is 0 Å². The molecule has 1 rings (SSSR count). The molecule has 1 aliphatic carbocycles. The predicted molar refractivity (Wildman–Crippen MR) is 65.5 cm³/mol. The van der Waals surface area contributed by atoms with Crippen LogP contribution in [-0.4, -0.2) is 35.6 Å². The largest absolute Gasteiger partial charge is 0.481 e. The van der Waals surface area contributed by atoms with Crippen LogP contribution < -0.4 is 0 Å². The maximum absolute atomic E-state index is 10.9. The fourth-order valence-corrected chi connectivity index (χ4v) is 2.53. The normalized spacial score (nSPS) is 22.0. The first-order valence-corrected chi connectivity index (χ1v) is 6.45. The van der Waals surface area contributed by atoms with Crippen molar-refractivity contribution in [2.24, 2.45) is 11.8 Å². The zero-order chi connectivity index (χ0) is 12.1. The topological polar surface area (TPSA) is 40.5 Å². The summed E-state index contributed by atoms with van der Waals surface area (Å²) in [6.07, 6.45) is 6.71. The van der Waals surface area contributed by atoms with Crippen LogP contribution in [0.25, 0.3) is 0 Å². The Hall–Kier alpha value is -0.570. The second-order valence-corrected chi connectivity index (χ2v) is 5.31. The Morgan fingerprint density at radius 1 is 1.31 bits per heavy atom. The zero-order valence-electron chi connectivity index (χ0n) is 10.8. The van der Waals surface area contributed by atoms with Gasteiger partial charge in [0, 0.05) is 12.6 Å². The summed E-state index contributed by atoms with van der Waals surface area (Å²) in [5, 5.41) is 8.98. The molecule has 0 aromatic carbocycles. The average Bonchev–Trinajstić information content (AvgIpc) is 2.28. The average molecular weight is 227 g/mol. The lowest BCUT2D eigenvalue weighted by Gasteiger charge is -2.32. The predicted octanol–water partition coefficient (Wildman–Crippen LogP) is 2.61. The van der Waals surface area contributed by atoms with Gasteiger partial charge in [-0.3, -0.25) is 4.79 Å². The quantitative estimate of drug-likeness (QED) is 0.785. The first kappa shape index (κ1) is 13.5. The first-order valence-electron chi connectivity index (χ1n) is 6.45. The number of aliphatic carboxylic acids is 1. The molecule has 0 aliphatic heterocycles. The second kappa shape index (κ2) is 6.24. The highest BCUT2D eigenvalue weighted by Crippen LogP contribution is 2.25. The summed E-state index contributed by atoms with van der Waals surface area (Å²) in [5.74, 6) is -0.196. The van der Waals surface area contributed by atoms with Gasteiger partial charge < -0.3 is 10.0 Å². The Morgan fingerprint density at radius 3 is 2.38 bits per heavy atom. The summed E-state index contributed by atoms with van der Waals surface area (Å²) in [7, 11) is 2.05. The molecule has 0 amide bonds. The van der Waals surface area contributed by atoms with Crippen LogP contribution in [0.4, 0.5) is 0 Å². The zero-order valence-corrected chi connectivity index (χ0v) is 10.8. The molecule has 2 unspecified atom stereocenters. The summed E-state index contributed by atoms with van der Waals surface area (Å²) in [5.41, 5.74) is 0. The highest BCUT2D eigenvalue weighted by atomic mass is 16.4. The van der Waals surface area contributed by atoms with Crippen LogP contribution in [0.3, 0.4) is 0 Å². The van der Waals surface area contributed by atoms with E-state index in [9.17, 15) is 4.79 Å². The molecule has 0 aromatic rings. The summed E-state index contributed by atoms with van der Waals surface area (Å²) in [6.45, 7) is 4.87. The number of carboxylic acids is 1. The Labute approximate surface area is 98.8 Å². The van der Waals surface area contributed by atoms with E-state index in [1.165, 1.54) is 32.1 Å². The van der Waals surface area contributed by atoms with Crippen molar-refractivity contribution in [2.45, 2.75) is 52.0 Å². The molecular weight excluding hydrogens is 202 g/mol. The van der Waals surface area contributed by atoms with Crippen molar-refractivity contribution in [3.8, 4) is 0 Å². The van der Waals surface area contributed by atoms with Gasteiger partial charge in [0.05, 0.1) is 5.92 Å². The molecule has 3 nitrogen and oxygen atoms in total. The Balaban J connectivity index is 2.37. The summed E-state index contributed by atoms with van der Waals surface area (Å²) in [6, 6.07) is 0.124. The lowest BCUT2D eigenvalue weighted by molar-refractivity contribution is -0.143. The molecule has 0 aromatic heterocycles. The Kier molecular flexibility index (Phi) is 5.26. The van der Waals surface area contributed by atoms with E-state index >= 15 is 0 Å². The Bertz CT molecular complexity index is 224. The van der Waals surface area contributed by atoms with Crippen LogP contribution in [0.2, 0.25) is 0 Å². The van der Waals surface area contributed by atoms with E-state index < -0.39 is 5.97 Å². The molecular formula is C13H25NO2. The van der Waals surface area contributed by atoms with Crippen molar-refractivity contribution in [1.82, 2.24) is 4.90 Å². The van der Waals surface area contributed by atoms with Gasteiger partial charge in [-0.05, 0) is 32.7 Å². The van der Waals surface area contributed by atoms with Gasteiger partial charge in [0.25, 0.3) is 0 Å². The molecule has 0 radical (unpaired) electrons. The van der Waals surface area contributed by atoms with Crippen LogP contribution in [-0.2, 0) is 4.79 Å². The number of hydrogen-bond acceptors (Lipinski definition) is 2. The van der Waals surface area contributed by atoms with Gasteiger partial charge in [0.15, 0.2) is 0 Å². The molecule has 0 heterocycles. The second-order valence-electron chi connectivity index (χ2n) is 5.31. The van der Waals surface area contributed by atoms with Crippen molar-refractivity contribution in [2.75, 3.05) is 13.6 Å². The minimum Gasteiger partial charge on any atom is -0.481 e. The van der Waals surface area contributed by atoms with E-state index in [1.807, 2.05) is 6.92 Å². The van der Waals surface area contributed by atoms with E-state index in [1.54, 1.807) is 6.92 Å². The smallest absolute Gasteiger partial charge is 0.307 e. The summed E-state index contributed by atoms with van der Waals surface area (Å²) < 4.78 is 0. The third-order valence-electron chi connectivity index (χ3n) is 4.08. The molecule has 0 saturated heterocycles. The number of hydrogen-bond donors (Lipinski definition) is 1. The van der Waals surface area contributed by atoms with Crippen molar-refractivity contribution < 1.29 is 9.90 Å². The molecule has 1 aliphatic rings. The minimum atomic E-state index is -0.692. The van der Waals surface area contributed by atoms with E-state index in [-0.39, 0.29) is 12.0 Å². The fourth-order valence-electron chi connectivity index (χ4n) is 2.53. The molecule has 94 valence electrons. The fraction of sp³-hybridized carbons (Fsp3) is 0.923. The summed E-state index contributed by atoms with van der Waals surface area (Å²) >= 11 is 0. The standard InChI is InChI=1S/C13H25NO2/c1-10(13(15)16)11(2)14(3)9-12-7-5-4-6-8-12/h10-12H,4-9H2,1-3H3,(H,15,16). The third-order valence-corrected chi connectivity index (χ3v) is 4.08. The van der Waals surface area contributed by atoms with Crippen molar-refractivity contribution in [1.29, 1.82) is 0 Å². The molecule has 1 fully saturated rings. The number of nitrogens with zero attached hydrogens (tertiary/aromatic N) is 1. The lowest BCUT2D eigenvalue weighted by Crippen LogP contribution is -2.40. The van der Waals surface area contributed by atoms with E-state index in [4.69, 9.17) is 5.11 Å². The first-order chi connectivity index (χ1) is 7.52. The van der Waals surface area contributed by atoms with Crippen LogP contribution in [0.1, 0.15) is 46.0 Å². The molecule has 1 N–H and O–H groups in total. The van der Waals surface area contributed by atoms with E-state index in [0.29, 0.717) is 0 Å².